The molecule has 0 unspecified atom stereocenters. The number of rotatable bonds is 2. The Kier molecular flexibility index (Phi) is 3.63. The van der Waals surface area contributed by atoms with Crippen LogP contribution >= 0.6 is 31.9 Å². The van der Waals surface area contributed by atoms with Crippen molar-refractivity contribution in [2.75, 3.05) is 5.73 Å². The van der Waals surface area contributed by atoms with Crippen molar-refractivity contribution in [1.82, 2.24) is 9.55 Å². The highest BCUT2D eigenvalue weighted by molar-refractivity contribution is 9.11. The van der Waals surface area contributed by atoms with Crippen molar-refractivity contribution in [3.8, 4) is 0 Å². The van der Waals surface area contributed by atoms with Gasteiger partial charge in [-0.05, 0) is 50.1 Å². The van der Waals surface area contributed by atoms with E-state index in [0.29, 0.717) is 16.7 Å². The summed E-state index contributed by atoms with van der Waals surface area (Å²) >= 11 is 6.56. The standard InChI is InChI=1S/C11H9Br2N3O/c12-7-3-10(13)11(17)16(5-7)6-9-4-8(14)1-2-15-9/h1-5H,6H2,(H2,14,15). The van der Waals surface area contributed by atoms with Gasteiger partial charge in [-0.3, -0.25) is 9.78 Å². The molecule has 0 aliphatic heterocycles. The fraction of sp³-hybridized carbons (Fsp3) is 0.0909. The van der Waals surface area contributed by atoms with E-state index in [0.717, 1.165) is 10.2 Å². The van der Waals surface area contributed by atoms with Crippen LogP contribution in [0.1, 0.15) is 5.69 Å². The van der Waals surface area contributed by atoms with Gasteiger partial charge >= 0.3 is 0 Å². The van der Waals surface area contributed by atoms with Gasteiger partial charge in [-0.2, -0.15) is 0 Å². The summed E-state index contributed by atoms with van der Waals surface area (Å²) in [7, 11) is 0. The van der Waals surface area contributed by atoms with Crippen LogP contribution in [0.5, 0.6) is 0 Å². The average Bonchev–Trinajstić information content (AvgIpc) is 2.25. The molecule has 0 spiro atoms. The molecule has 0 aliphatic rings. The second-order valence-electron chi connectivity index (χ2n) is 3.52. The maximum atomic E-state index is 11.8. The maximum Gasteiger partial charge on any atom is 0.265 e. The summed E-state index contributed by atoms with van der Waals surface area (Å²) in [4.78, 5) is 16.0. The van der Waals surface area contributed by atoms with E-state index in [1.807, 2.05) is 0 Å². The zero-order valence-corrected chi connectivity index (χ0v) is 11.9. The van der Waals surface area contributed by atoms with Gasteiger partial charge in [0, 0.05) is 22.6 Å². The van der Waals surface area contributed by atoms with Gasteiger partial charge in [0.1, 0.15) is 0 Å². The van der Waals surface area contributed by atoms with Gasteiger partial charge < -0.3 is 10.3 Å². The number of hydrogen-bond acceptors (Lipinski definition) is 3. The molecule has 0 aromatic carbocycles. The Hall–Kier alpha value is -1.14. The van der Waals surface area contributed by atoms with Crippen molar-refractivity contribution >= 4 is 37.5 Å². The average molecular weight is 359 g/mol. The van der Waals surface area contributed by atoms with Crippen LogP contribution < -0.4 is 11.3 Å². The van der Waals surface area contributed by atoms with Crippen LogP contribution in [0.25, 0.3) is 0 Å². The molecule has 6 heteroatoms. The number of pyridine rings is 2. The topological polar surface area (TPSA) is 60.9 Å². The third kappa shape index (κ3) is 2.95. The number of halogens is 2. The molecule has 88 valence electrons. The fourth-order valence-electron chi connectivity index (χ4n) is 1.44. The van der Waals surface area contributed by atoms with E-state index in [-0.39, 0.29) is 5.56 Å². The first-order chi connectivity index (χ1) is 8.06. The molecule has 0 bridgehead atoms. The molecule has 17 heavy (non-hydrogen) atoms. The molecule has 4 nitrogen and oxygen atoms in total. The molecule has 0 fully saturated rings. The van der Waals surface area contributed by atoms with Gasteiger partial charge in [0.2, 0.25) is 0 Å². The Bertz CT molecular complexity index is 610. The van der Waals surface area contributed by atoms with Crippen LogP contribution in [0.15, 0.2) is 44.3 Å². The lowest BCUT2D eigenvalue weighted by atomic mass is 10.3. The van der Waals surface area contributed by atoms with Crippen LogP contribution in [0.4, 0.5) is 5.69 Å². The molecule has 2 aromatic heterocycles. The maximum absolute atomic E-state index is 11.8. The van der Waals surface area contributed by atoms with Gasteiger partial charge in [0.25, 0.3) is 5.56 Å². The van der Waals surface area contributed by atoms with Gasteiger partial charge in [-0.25, -0.2) is 0 Å². The second kappa shape index (κ2) is 5.01. The van der Waals surface area contributed by atoms with Gasteiger partial charge in [0.05, 0.1) is 16.7 Å². The lowest BCUT2D eigenvalue weighted by molar-refractivity contribution is 0.733. The van der Waals surface area contributed by atoms with E-state index in [1.54, 1.807) is 35.2 Å². The number of anilines is 1. The first-order valence-corrected chi connectivity index (χ1v) is 6.41. The van der Waals surface area contributed by atoms with E-state index in [9.17, 15) is 4.79 Å². The number of aromatic nitrogens is 2. The first-order valence-electron chi connectivity index (χ1n) is 4.82. The summed E-state index contributed by atoms with van der Waals surface area (Å²) in [6.07, 6.45) is 3.35. The van der Waals surface area contributed by atoms with Crippen LogP contribution in [0, 0.1) is 0 Å². The van der Waals surface area contributed by atoms with Gasteiger partial charge in [-0.1, -0.05) is 0 Å². The third-order valence-electron chi connectivity index (χ3n) is 2.18. The Morgan fingerprint density at radius 1 is 1.35 bits per heavy atom. The minimum atomic E-state index is -0.0996. The van der Waals surface area contributed by atoms with Crippen LogP contribution in [0.2, 0.25) is 0 Å². The van der Waals surface area contributed by atoms with Crippen molar-refractivity contribution in [3.63, 3.8) is 0 Å². The predicted molar refractivity (Wildman–Crippen MR) is 73.9 cm³/mol. The van der Waals surface area contributed by atoms with E-state index >= 15 is 0 Å². The molecular weight excluding hydrogens is 350 g/mol. The van der Waals surface area contributed by atoms with E-state index in [1.165, 1.54) is 0 Å². The molecule has 0 saturated heterocycles. The summed E-state index contributed by atoms with van der Waals surface area (Å²) < 4.78 is 2.90. The lowest BCUT2D eigenvalue weighted by Crippen LogP contribution is -2.21. The molecule has 2 aromatic rings. The molecule has 0 saturated carbocycles. The number of nitrogen functional groups attached to an aromatic ring is 1. The van der Waals surface area contributed by atoms with Crippen LogP contribution in [-0.2, 0) is 6.54 Å². The minimum absolute atomic E-state index is 0.0996. The third-order valence-corrected chi connectivity index (χ3v) is 3.18. The largest absolute Gasteiger partial charge is 0.399 e. The highest BCUT2D eigenvalue weighted by atomic mass is 79.9. The van der Waals surface area contributed by atoms with Crippen LogP contribution in [-0.4, -0.2) is 9.55 Å². The Morgan fingerprint density at radius 3 is 2.82 bits per heavy atom. The summed E-state index contributed by atoms with van der Waals surface area (Å²) in [5.41, 5.74) is 6.95. The van der Waals surface area contributed by atoms with Crippen molar-refractivity contribution in [1.29, 1.82) is 0 Å². The number of nitrogens with zero attached hydrogens (tertiary/aromatic N) is 2. The fourth-order valence-corrected chi connectivity index (χ4v) is 2.70. The minimum Gasteiger partial charge on any atom is -0.399 e. The molecule has 0 radical (unpaired) electrons. The molecule has 0 atom stereocenters. The number of hydrogen-bond donors (Lipinski definition) is 1. The summed E-state index contributed by atoms with van der Waals surface area (Å²) in [5.74, 6) is 0. The summed E-state index contributed by atoms with van der Waals surface area (Å²) in [6.45, 7) is 0.391. The highest BCUT2D eigenvalue weighted by Crippen LogP contribution is 2.13. The first kappa shape index (κ1) is 12.3. The van der Waals surface area contributed by atoms with Crippen molar-refractivity contribution < 1.29 is 0 Å². The summed E-state index contributed by atoms with van der Waals surface area (Å²) in [5, 5.41) is 0. The van der Waals surface area contributed by atoms with Gasteiger partial charge in [0.15, 0.2) is 0 Å². The molecular formula is C11H9Br2N3O. The summed E-state index contributed by atoms with van der Waals surface area (Å²) in [6, 6.07) is 5.18. The quantitative estimate of drug-likeness (QED) is 0.896. The van der Waals surface area contributed by atoms with Gasteiger partial charge in [-0.15, -0.1) is 0 Å². The van der Waals surface area contributed by atoms with Crippen molar-refractivity contribution in [2.45, 2.75) is 6.54 Å². The molecule has 2 N–H and O–H groups in total. The number of nitrogens with two attached hydrogens (primary N) is 1. The SMILES string of the molecule is Nc1ccnc(Cn2cc(Br)cc(Br)c2=O)c1. The normalized spacial score (nSPS) is 10.5. The monoisotopic (exact) mass is 357 g/mol. The van der Waals surface area contributed by atoms with E-state index in [4.69, 9.17) is 5.73 Å². The highest BCUT2D eigenvalue weighted by Gasteiger charge is 2.04. The molecule has 2 rings (SSSR count). The van der Waals surface area contributed by atoms with E-state index in [2.05, 4.69) is 36.8 Å². The Morgan fingerprint density at radius 2 is 2.12 bits per heavy atom. The van der Waals surface area contributed by atoms with Crippen molar-refractivity contribution in [3.05, 3.63) is 55.6 Å². The molecule has 0 aliphatic carbocycles. The Labute approximate surface area is 115 Å². The second-order valence-corrected chi connectivity index (χ2v) is 5.29. The smallest absolute Gasteiger partial charge is 0.265 e. The van der Waals surface area contributed by atoms with Crippen molar-refractivity contribution in [2.24, 2.45) is 0 Å². The lowest BCUT2D eigenvalue weighted by Gasteiger charge is -2.07. The zero-order valence-electron chi connectivity index (χ0n) is 8.73. The van der Waals surface area contributed by atoms with Crippen LogP contribution in [0.3, 0.4) is 0 Å². The van der Waals surface area contributed by atoms with E-state index < -0.39 is 0 Å². The Balaban J connectivity index is 2.40. The molecule has 0 amide bonds. The predicted octanol–water partition coefficient (Wildman–Crippen LogP) is 2.40. The molecule has 2 heterocycles. The zero-order chi connectivity index (χ0) is 12.4.